The topological polar surface area (TPSA) is 18.5 Å². The minimum absolute atomic E-state index is 0.00907. The summed E-state index contributed by atoms with van der Waals surface area (Å²) in [5, 5.41) is 0. The first-order valence-electron chi connectivity index (χ1n) is 4.72. The Labute approximate surface area is 78.5 Å². The highest BCUT2D eigenvalue weighted by Crippen LogP contribution is 2.27. The van der Waals surface area contributed by atoms with E-state index >= 15 is 0 Å². The maximum absolute atomic E-state index is 5.67. The molecule has 0 spiro atoms. The van der Waals surface area contributed by atoms with Gasteiger partial charge in [0.15, 0.2) is 6.29 Å². The van der Waals surface area contributed by atoms with Crippen LogP contribution in [0.4, 0.5) is 0 Å². The van der Waals surface area contributed by atoms with Crippen molar-refractivity contribution in [3.05, 3.63) is 35.9 Å². The Balaban J connectivity index is 2.04. The van der Waals surface area contributed by atoms with Crippen LogP contribution in [0.15, 0.2) is 30.3 Å². The average Bonchev–Trinajstić information content (AvgIpc) is 2.67. The molecule has 1 aromatic rings. The second-order valence-corrected chi connectivity index (χ2v) is 3.21. The Morgan fingerprint density at radius 1 is 1.31 bits per heavy atom. The van der Waals surface area contributed by atoms with Crippen molar-refractivity contribution in [2.24, 2.45) is 0 Å². The predicted molar refractivity (Wildman–Crippen MR) is 50.3 cm³/mol. The molecule has 0 radical (unpaired) electrons. The van der Waals surface area contributed by atoms with Gasteiger partial charge in [0.25, 0.3) is 0 Å². The van der Waals surface area contributed by atoms with Gasteiger partial charge in [0.1, 0.15) is 6.10 Å². The monoisotopic (exact) mass is 178 g/mol. The molecule has 70 valence electrons. The Hall–Kier alpha value is -0.860. The van der Waals surface area contributed by atoms with Gasteiger partial charge in [-0.3, -0.25) is 0 Å². The molecule has 2 rings (SSSR count). The molecule has 0 amide bonds. The summed E-state index contributed by atoms with van der Waals surface area (Å²) in [6.07, 6.45) is 1.04. The third kappa shape index (κ3) is 1.90. The highest BCUT2D eigenvalue weighted by Gasteiger charge is 2.25. The standard InChI is InChI=1S/C11H14O2/c1-2-11-12-8-10(13-11)9-6-4-3-5-7-9/h3-7,10-11H,2,8H2,1H3/t10-,11-/m1/s1. The summed E-state index contributed by atoms with van der Waals surface area (Å²) in [4.78, 5) is 0. The van der Waals surface area contributed by atoms with E-state index in [4.69, 9.17) is 9.47 Å². The zero-order chi connectivity index (χ0) is 9.10. The molecule has 0 aliphatic carbocycles. The average molecular weight is 178 g/mol. The number of hydrogen-bond acceptors (Lipinski definition) is 2. The van der Waals surface area contributed by atoms with E-state index in [-0.39, 0.29) is 12.4 Å². The van der Waals surface area contributed by atoms with Crippen molar-refractivity contribution < 1.29 is 9.47 Å². The van der Waals surface area contributed by atoms with E-state index in [9.17, 15) is 0 Å². The van der Waals surface area contributed by atoms with Crippen LogP contribution in [0.5, 0.6) is 0 Å². The van der Waals surface area contributed by atoms with Gasteiger partial charge in [-0.1, -0.05) is 37.3 Å². The van der Waals surface area contributed by atoms with Gasteiger partial charge >= 0.3 is 0 Å². The van der Waals surface area contributed by atoms with Gasteiger partial charge in [-0.05, 0) is 12.0 Å². The molecular formula is C11H14O2. The highest BCUT2D eigenvalue weighted by atomic mass is 16.7. The van der Waals surface area contributed by atoms with Crippen molar-refractivity contribution in [3.63, 3.8) is 0 Å². The maximum Gasteiger partial charge on any atom is 0.158 e. The lowest BCUT2D eigenvalue weighted by Crippen LogP contribution is -2.05. The predicted octanol–water partition coefficient (Wildman–Crippen LogP) is 2.51. The lowest BCUT2D eigenvalue weighted by Gasteiger charge is -2.09. The van der Waals surface area contributed by atoms with Crippen LogP contribution in [0.2, 0.25) is 0 Å². The molecule has 2 nitrogen and oxygen atoms in total. The van der Waals surface area contributed by atoms with Crippen LogP contribution in [-0.2, 0) is 9.47 Å². The first kappa shape index (κ1) is 8.73. The minimum Gasteiger partial charge on any atom is -0.350 e. The summed E-state index contributed by atoms with van der Waals surface area (Å²) in [7, 11) is 0. The van der Waals surface area contributed by atoms with Crippen LogP contribution in [0, 0.1) is 0 Å². The minimum atomic E-state index is -0.00907. The largest absolute Gasteiger partial charge is 0.350 e. The number of hydrogen-bond donors (Lipinski definition) is 0. The van der Waals surface area contributed by atoms with Crippen molar-refractivity contribution in [1.29, 1.82) is 0 Å². The second kappa shape index (κ2) is 3.90. The highest BCUT2D eigenvalue weighted by molar-refractivity contribution is 5.18. The summed E-state index contributed by atoms with van der Waals surface area (Å²) in [5.41, 5.74) is 1.21. The number of benzene rings is 1. The van der Waals surface area contributed by atoms with Crippen molar-refractivity contribution in [3.8, 4) is 0 Å². The molecule has 1 aliphatic heterocycles. The van der Waals surface area contributed by atoms with Gasteiger partial charge < -0.3 is 9.47 Å². The van der Waals surface area contributed by atoms with E-state index in [0.29, 0.717) is 6.61 Å². The van der Waals surface area contributed by atoms with Crippen LogP contribution in [0.3, 0.4) is 0 Å². The van der Waals surface area contributed by atoms with E-state index in [2.05, 4.69) is 19.1 Å². The normalized spacial score (nSPS) is 27.8. The van der Waals surface area contributed by atoms with Gasteiger partial charge in [0, 0.05) is 0 Å². The third-order valence-corrected chi connectivity index (χ3v) is 2.25. The van der Waals surface area contributed by atoms with E-state index in [0.717, 1.165) is 6.42 Å². The molecule has 2 heteroatoms. The first-order valence-corrected chi connectivity index (χ1v) is 4.72. The molecule has 1 fully saturated rings. The second-order valence-electron chi connectivity index (χ2n) is 3.21. The molecule has 0 saturated carbocycles. The molecule has 0 N–H and O–H groups in total. The molecule has 1 heterocycles. The zero-order valence-electron chi connectivity index (χ0n) is 7.77. The SMILES string of the molecule is CC[C@@H]1OC[C@H](c2ccccc2)O1. The molecule has 1 aromatic carbocycles. The fourth-order valence-corrected chi connectivity index (χ4v) is 1.51. The third-order valence-electron chi connectivity index (χ3n) is 2.25. The van der Waals surface area contributed by atoms with E-state index in [1.54, 1.807) is 0 Å². The van der Waals surface area contributed by atoms with Gasteiger partial charge in [-0.2, -0.15) is 0 Å². The summed E-state index contributed by atoms with van der Waals surface area (Å²) >= 11 is 0. The molecule has 13 heavy (non-hydrogen) atoms. The van der Waals surface area contributed by atoms with Gasteiger partial charge in [-0.15, -0.1) is 0 Å². The smallest absolute Gasteiger partial charge is 0.158 e. The fraction of sp³-hybridized carbons (Fsp3) is 0.455. The lowest BCUT2D eigenvalue weighted by molar-refractivity contribution is -0.0592. The summed E-state index contributed by atoms with van der Waals surface area (Å²) in [6, 6.07) is 10.2. The van der Waals surface area contributed by atoms with Gasteiger partial charge in [0.05, 0.1) is 6.61 Å². The molecule has 1 saturated heterocycles. The van der Waals surface area contributed by atoms with Crippen LogP contribution in [-0.4, -0.2) is 12.9 Å². The van der Waals surface area contributed by atoms with E-state index < -0.39 is 0 Å². The van der Waals surface area contributed by atoms with Crippen molar-refractivity contribution in [2.45, 2.75) is 25.7 Å². The van der Waals surface area contributed by atoms with Crippen LogP contribution < -0.4 is 0 Å². The van der Waals surface area contributed by atoms with Crippen molar-refractivity contribution in [1.82, 2.24) is 0 Å². The van der Waals surface area contributed by atoms with E-state index in [1.807, 2.05) is 18.2 Å². The molecule has 2 atom stereocenters. The fourth-order valence-electron chi connectivity index (χ4n) is 1.51. The zero-order valence-corrected chi connectivity index (χ0v) is 7.77. The lowest BCUT2D eigenvalue weighted by atomic mass is 10.1. The Morgan fingerprint density at radius 3 is 2.69 bits per heavy atom. The quantitative estimate of drug-likeness (QED) is 0.692. The first-order chi connectivity index (χ1) is 6.40. The van der Waals surface area contributed by atoms with Crippen LogP contribution in [0.1, 0.15) is 25.0 Å². The van der Waals surface area contributed by atoms with Crippen molar-refractivity contribution >= 4 is 0 Å². The van der Waals surface area contributed by atoms with Crippen molar-refractivity contribution in [2.75, 3.05) is 6.61 Å². The van der Waals surface area contributed by atoms with Gasteiger partial charge in [-0.25, -0.2) is 0 Å². The number of rotatable bonds is 2. The summed E-state index contributed by atoms with van der Waals surface area (Å²) in [5.74, 6) is 0. The molecular weight excluding hydrogens is 164 g/mol. The summed E-state index contributed by atoms with van der Waals surface area (Å²) < 4.78 is 11.1. The number of ether oxygens (including phenoxy) is 2. The van der Waals surface area contributed by atoms with Crippen LogP contribution >= 0.6 is 0 Å². The molecule has 1 aliphatic rings. The Bertz CT molecular complexity index is 258. The summed E-state index contributed by atoms with van der Waals surface area (Å²) in [6.45, 7) is 2.75. The maximum atomic E-state index is 5.67. The van der Waals surface area contributed by atoms with Crippen LogP contribution in [0.25, 0.3) is 0 Å². The van der Waals surface area contributed by atoms with Gasteiger partial charge in [0.2, 0.25) is 0 Å². The molecule has 0 aromatic heterocycles. The molecule has 0 unspecified atom stereocenters. The molecule has 0 bridgehead atoms. The Morgan fingerprint density at radius 2 is 2.08 bits per heavy atom. The Kier molecular flexibility index (Phi) is 2.62. The van der Waals surface area contributed by atoms with E-state index in [1.165, 1.54) is 5.56 Å².